The molecule has 1 aromatic heterocycles. The van der Waals surface area contributed by atoms with Gasteiger partial charge in [-0.3, -0.25) is 4.57 Å². The first-order valence-electron chi connectivity index (χ1n) is 17.7. The zero-order valence-corrected chi connectivity index (χ0v) is 28.4. The van der Waals surface area contributed by atoms with Crippen LogP contribution in [0.5, 0.6) is 0 Å². The molecule has 9 aromatic carbocycles. The molecule has 10 rings (SSSR count). The van der Waals surface area contributed by atoms with Crippen molar-refractivity contribution in [3.05, 3.63) is 200 Å². The van der Waals surface area contributed by atoms with E-state index in [1.54, 1.807) is 0 Å². The van der Waals surface area contributed by atoms with E-state index >= 15 is 0 Å². The summed E-state index contributed by atoms with van der Waals surface area (Å²) >= 11 is 0. The molecule has 0 atom stereocenters. The maximum Gasteiger partial charge on any atom is 0.145 e. The Balaban J connectivity index is 1.06. The summed E-state index contributed by atoms with van der Waals surface area (Å²) in [5, 5.41) is 7.27. The molecule has 0 aliphatic rings. The smallest absolute Gasteiger partial charge is 0.145 e. The van der Waals surface area contributed by atoms with E-state index in [9.17, 15) is 0 Å². The van der Waals surface area contributed by atoms with Gasteiger partial charge in [-0.05, 0) is 117 Å². The van der Waals surface area contributed by atoms with Gasteiger partial charge in [0.2, 0.25) is 0 Å². The molecule has 0 aliphatic heterocycles. The number of nitrogens with zero attached hydrogens (tertiary/aromatic N) is 3. The fraction of sp³-hybridized carbons (Fsp3) is 0. The summed E-state index contributed by atoms with van der Waals surface area (Å²) in [7, 11) is 0. The number of rotatable bonds is 6. The molecular formula is C49H33N3. The monoisotopic (exact) mass is 663 g/mol. The summed E-state index contributed by atoms with van der Waals surface area (Å²) in [6.45, 7) is 0. The molecule has 0 unspecified atom stereocenters. The van der Waals surface area contributed by atoms with E-state index in [0.717, 1.165) is 50.6 Å². The highest BCUT2D eigenvalue weighted by Gasteiger charge is 2.18. The van der Waals surface area contributed by atoms with Crippen molar-refractivity contribution in [2.75, 3.05) is 4.90 Å². The molecule has 3 nitrogen and oxygen atoms in total. The van der Waals surface area contributed by atoms with E-state index in [4.69, 9.17) is 4.98 Å². The number of anilines is 3. The minimum absolute atomic E-state index is 0.920. The van der Waals surface area contributed by atoms with Crippen LogP contribution < -0.4 is 4.90 Å². The van der Waals surface area contributed by atoms with Crippen LogP contribution in [0.25, 0.3) is 71.6 Å². The SMILES string of the molecule is c1ccc(N(c2ccc(-c3nc4c5ccccc5ccc4n3-c3ccccc3)cc2)c2ccc3cc(-c4ccc5ccccc5c4)ccc3c2)cc1. The molecule has 1 heterocycles. The number of benzene rings is 9. The maximum absolute atomic E-state index is 5.31. The lowest BCUT2D eigenvalue weighted by atomic mass is 9.98. The highest BCUT2D eigenvalue weighted by Crippen LogP contribution is 2.39. The van der Waals surface area contributed by atoms with Gasteiger partial charge >= 0.3 is 0 Å². The third kappa shape index (κ3) is 5.19. The van der Waals surface area contributed by atoms with Crippen molar-refractivity contribution in [2.24, 2.45) is 0 Å². The standard InChI is InChI=1S/C49H33N3/c1-3-14-42(15-4-1)51(45-29-25-40-32-39(21-22-41(40)33-45)38-20-19-34-11-7-8-13-37(34)31-38)44-27-23-36(24-28-44)49-50-48-46-18-10-9-12-35(46)26-30-47(48)52(49)43-16-5-2-6-17-43/h1-33H. The summed E-state index contributed by atoms with van der Waals surface area (Å²) < 4.78 is 2.28. The van der Waals surface area contributed by atoms with Gasteiger partial charge in [0, 0.05) is 33.7 Å². The molecule has 0 saturated carbocycles. The molecule has 0 saturated heterocycles. The van der Waals surface area contributed by atoms with Crippen LogP contribution in [0.4, 0.5) is 17.1 Å². The second-order valence-corrected chi connectivity index (χ2v) is 13.3. The maximum atomic E-state index is 5.31. The number of para-hydroxylation sites is 2. The van der Waals surface area contributed by atoms with Gasteiger partial charge in [-0.15, -0.1) is 0 Å². The number of aromatic nitrogens is 2. The highest BCUT2D eigenvalue weighted by molar-refractivity contribution is 6.06. The molecule has 52 heavy (non-hydrogen) atoms. The number of hydrogen-bond acceptors (Lipinski definition) is 2. The number of fused-ring (bicyclic) bond motifs is 5. The van der Waals surface area contributed by atoms with Crippen LogP contribution in [0, 0.1) is 0 Å². The van der Waals surface area contributed by atoms with Crippen LogP contribution in [0.3, 0.4) is 0 Å². The predicted molar refractivity (Wildman–Crippen MR) is 219 cm³/mol. The van der Waals surface area contributed by atoms with Gasteiger partial charge in [0.1, 0.15) is 5.82 Å². The topological polar surface area (TPSA) is 21.1 Å². The summed E-state index contributed by atoms with van der Waals surface area (Å²) in [5.74, 6) is 0.920. The Morgan fingerprint density at radius 2 is 0.885 bits per heavy atom. The molecule has 3 heteroatoms. The van der Waals surface area contributed by atoms with Crippen LogP contribution in [0.2, 0.25) is 0 Å². The van der Waals surface area contributed by atoms with Gasteiger partial charge in [0.15, 0.2) is 0 Å². The Kier molecular flexibility index (Phi) is 7.14. The third-order valence-electron chi connectivity index (χ3n) is 10.1. The van der Waals surface area contributed by atoms with Gasteiger partial charge in [-0.1, -0.05) is 121 Å². The van der Waals surface area contributed by atoms with Crippen LogP contribution in [0.15, 0.2) is 200 Å². The fourth-order valence-electron chi connectivity index (χ4n) is 7.55. The van der Waals surface area contributed by atoms with E-state index in [1.807, 2.05) is 0 Å². The fourth-order valence-corrected chi connectivity index (χ4v) is 7.55. The minimum atomic E-state index is 0.920. The molecule has 0 amide bonds. The second-order valence-electron chi connectivity index (χ2n) is 13.3. The van der Waals surface area contributed by atoms with Gasteiger partial charge < -0.3 is 4.90 Å². The first kappa shape index (κ1) is 29.9. The largest absolute Gasteiger partial charge is 0.310 e. The second kappa shape index (κ2) is 12.4. The van der Waals surface area contributed by atoms with Crippen molar-refractivity contribution in [3.63, 3.8) is 0 Å². The van der Waals surface area contributed by atoms with Crippen molar-refractivity contribution in [2.45, 2.75) is 0 Å². The van der Waals surface area contributed by atoms with Crippen molar-refractivity contribution < 1.29 is 0 Å². The molecule has 0 fully saturated rings. The van der Waals surface area contributed by atoms with Crippen molar-refractivity contribution in [1.82, 2.24) is 9.55 Å². The van der Waals surface area contributed by atoms with Gasteiger partial charge in [0.25, 0.3) is 0 Å². The summed E-state index contributed by atoms with van der Waals surface area (Å²) in [6.07, 6.45) is 0. The number of imidazole rings is 1. The van der Waals surface area contributed by atoms with Gasteiger partial charge in [0.05, 0.1) is 11.0 Å². The predicted octanol–water partition coefficient (Wildman–Crippen LogP) is 13.3. The highest BCUT2D eigenvalue weighted by atomic mass is 15.1. The Morgan fingerprint density at radius 3 is 1.65 bits per heavy atom. The number of hydrogen-bond donors (Lipinski definition) is 0. The lowest BCUT2D eigenvalue weighted by Gasteiger charge is -2.26. The normalized spacial score (nSPS) is 11.5. The van der Waals surface area contributed by atoms with E-state index in [0.29, 0.717) is 0 Å². The summed E-state index contributed by atoms with van der Waals surface area (Å²) in [5.41, 5.74) is 9.97. The van der Waals surface area contributed by atoms with Crippen LogP contribution in [0.1, 0.15) is 0 Å². The van der Waals surface area contributed by atoms with Gasteiger partial charge in [-0.25, -0.2) is 4.98 Å². The molecular weight excluding hydrogens is 631 g/mol. The quantitative estimate of drug-likeness (QED) is 0.177. The Morgan fingerprint density at radius 1 is 0.365 bits per heavy atom. The van der Waals surface area contributed by atoms with Crippen LogP contribution in [-0.2, 0) is 0 Å². The average Bonchev–Trinajstić information content (AvgIpc) is 3.62. The van der Waals surface area contributed by atoms with Crippen molar-refractivity contribution >= 4 is 60.4 Å². The molecule has 0 aliphatic carbocycles. The van der Waals surface area contributed by atoms with Crippen LogP contribution in [-0.4, -0.2) is 9.55 Å². The zero-order chi connectivity index (χ0) is 34.4. The molecule has 0 bridgehead atoms. The van der Waals surface area contributed by atoms with E-state index in [1.165, 1.54) is 38.1 Å². The molecule has 10 aromatic rings. The molecule has 0 spiro atoms. The lowest BCUT2D eigenvalue weighted by molar-refractivity contribution is 1.10. The molecule has 244 valence electrons. The Labute approximate surface area is 302 Å². The summed E-state index contributed by atoms with van der Waals surface area (Å²) in [6, 6.07) is 71.6. The van der Waals surface area contributed by atoms with Crippen molar-refractivity contribution in [1.29, 1.82) is 0 Å². The molecule has 0 radical (unpaired) electrons. The Hall–Kier alpha value is -6.97. The van der Waals surface area contributed by atoms with E-state index in [-0.39, 0.29) is 0 Å². The lowest BCUT2D eigenvalue weighted by Crippen LogP contribution is -2.09. The minimum Gasteiger partial charge on any atom is -0.310 e. The Bertz CT molecular complexity index is 2890. The summed E-state index contributed by atoms with van der Waals surface area (Å²) in [4.78, 5) is 7.63. The first-order chi connectivity index (χ1) is 25.8. The first-order valence-corrected chi connectivity index (χ1v) is 17.7. The molecule has 0 N–H and O–H groups in total. The van der Waals surface area contributed by atoms with E-state index in [2.05, 4.69) is 210 Å². The van der Waals surface area contributed by atoms with Crippen LogP contribution >= 0.6 is 0 Å². The average molecular weight is 664 g/mol. The van der Waals surface area contributed by atoms with Gasteiger partial charge in [-0.2, -0.15) is 0 Å². The van der Waals surface area contributed by atoms with Crippen molar-refractivity contribution in [3.8, 4) is 28.2 Å². The third-order valence-corrected chi connectivity index (χ3v) is 10.1. The van der Waals surface area contributed by atoms with E-state index < -0.39 is 0 Å². The zero-order valence-electron chi connectivity index (χ0n) is 28.4.